The summed E-state index contributed by atoms with van der Waals surface area (Å²) in [6.45, 7) is 0. The third-order valence-electron chi connectivity index (χ3n) is 2.74. The van der Waals surface area contributed by atoms with Crippen molar-refractivity contribution in [3.05, 3.63) is 48.0 Å². The fourth-order valence-electron chi connectivity index (χ4n) is 1.82. The molecule has 0 spiro atoms. The minimum Gasteiger partial charge on any atom is -0.497 e. The molecule has 0 atom stereocenters. The molecule has 0 aliphatic heterocycles. The van der Waals surface area contributed by atoms with Crippen LogP contribution in [0.1, 0.15) is 10.4 Å². The molecule has 3 nitrogen and oxygen atoms in total. The van der Waals surface area contributed by atoms with Gasteiger partial charge in [-0.1, -0.05) is 18.2 Å². The Morgan fingerprint density at radius 1 is 1.00 bits per heavy atom. The molecule has 0 N–H and O–H groups in total. The zero-order valence-corrected chi connectivity index (χ0v) is 10.3. The summed E-state index contributed by atoms with van der Waals surface area (Å²) in [5.74, 6) is 1.46. The van der Waals surface area contributed by atoms with Crippen molar-refractivity contribution in [1.82, 2.24) is 0 Å². The number of hydrogen-bond acceptors (Lipinski definition) is 3. The highest BCUT2D eigenvalue weighted by molar-refractivity contribution is 5.80. The maximum Gasteiger partial charge on any atom is 0.150 e. The van der Waals surface area contributed by atoms with Crippen LogP contribution in [0, 0.1) is 0 Å². The van der Waals surface area contributed by atoms with Gasteiger partial charge in [-0.3, -0.25) is 4.79 Å². The van der Waals surface area contributed by atoms with Crippen molar-refractivity contribution in [3.63, 3.8) is 0 Å². The van der Waals surface area contributed by atoms with Gasteiger partial charge in [0.15, 0.2) is 0 Å². The monoisotopic (exact) mass is 242 g/mol. The van der Waals surface area contributed by atoms with Gasteiger partial charge in [-0.05, 0) is 23.8 Å². The van der Waals surface area contributed by atoms with E-state index in [2.05, 4.69) is 0 Å². The minimum atomic E-state index is 0.644. The second-order valence-electron chi connectivity index (χ2n) is 3.81. The van der Waals surface area contributed by atoms with Gasteiger partial charge in [0, 0.05) is 17.2 Å². The molecule has 0 aliphatic carbocycles. The van der Waals surface area contributed by atoms with Gasteiger partial charge in [0.25, 0.3) is 0 Å². The molecule has 2 rings (SSSR count). The predicted molar refractivity (Wildman–Crippen MR) is 70.4 cm³/mol. The Bertz CT molecular complexity index is 561. The number of hydrogen-bond donors (Lipinski definition) is 0. The molecule has 18 heavy (non-hydrogen) atoms. The smallest absolute Gasteiger partial charge is 0.150 e. The van der Waals surface area contributed by atoms with E-state index in [0.717, 1.165) is 28.9 Å². The Hall–Kier alpha value is -2.29. The highest BCUT2D eigenvalue weighted by Gasteiger charge is 2.07. The Labute approximate surface area is 106 Å². The first kappa shape index (κ1) is 12.2. The highest BCUT2D eigenvalue weighted by Crippen LogP contribution is 2.33. The number of carbonyl (C=O) groups excluding carboxylic acids is 1. The van der Waals surface area contributed by atoms with E-state index in [1.54, 1.807) is 20.3 Å². The molecule has 0 unspecified atom stereocenters. The van der Waals surface area contributed by atoms with Crippen molar-refractivity contribution in [2.75, 3.05) is 14.2 Å². The fourth-order valence-corrected chi connectivity index (χ4v) is 1.82. The van der Waals surface area contributed by atoms with Crippen molar-refractivity contribution in [2.24, 2.45) is 0 Å². The van der Waals surface area contributed by atoms with Gasteiger partial charge in [-0.15, -0.1) is 0 Å². The normalized spacial score (nSPS) is 9.89. The Morgan fingerprint density at radius 3 is 2.50 bits per heavy atom. The third-order valence-corrected chi connectivity index (χ3v) is 2.74. The molecule has 0 aromatic heterocycles. The molecule has 0 aliphatic rings. The van der Waals surface area contributed by atoms with Crippen LogP contribution in [0.2, 0.25) is 0 Å². The van der Waals surface area contributed by atoms with Gasteiger partial charge in [-0.2, -0.15) is 0 Å². The van der Waals surface area contributed by atoms with Gasteiger partial charge < -0.3 is 9.47 Å². The van der Waals surface area contributed by atoms with Crippen molar-refractivity contribution < 1.29 is 14.3 Å². The second-order valence-corrected chi connectivity index (χ2v) is 3.81. The first-order chi connectivity index (χ1) is 8.78. The number of aldehydes is 1. The Balaban J connectivity index is 2.52. The lowest BCUT2D eigenvalue weighted by molar-refractivity contribution is 0.112. The van der Waals surface area contributed by atoms with E-state index >= 15 is 0 Å². The molecule has 0 amide bonds. The third kappa shape index (κ3) is 2.35. The van der Waals surface area contributed by atoms with Crippen LogP contribution in [-0.4, -0.2) is 20.5 Å². The molecule has 2 aromatic rings. The van der Waals surface area contributed by atoms with E-state index in [9.17, 15) is 4.79 Å². The number of rotatable bonds is 4. The molecule has 0 bridgehead atoms. The summed E-state index contributed by atoms with van der Waals surface area (Å²) in [5.41, 5.74) is 2.52. The minimum absolute atomic E-state index is 0.644. The Kier molecular flexibility index (Phi) is 3.63. The zero-order valence-electron chi connectivity index (χ0n) is 10.3. The van der Waals surface area contributed by atoms with E-state index in [-0.39, 0.29) is 0 Å². The number of benzene rings is 2. The van der Waals surface area contributed by atoms with Crippen LogP contribution in [0.4, 0.5) is 0 Å². The van der Waals surface area contributed by atoms with Crippen LogP contribution >= 0.6 is 0 Å². The molecule has 0 fully saturated rings. The quantitative estimate of drug-likeness (QED) is 0.772. The maximum atomic E-state index is 10.8. The molecule has 92 valence electrons. The molecule has 2 aromatic carbocycles. The Morgan fingerprint density at radius 2 is 1.83 bits per heavy atom. The van der Waals surface area contributed by atoms with Crippen molar-refractivity contribution in [1.29, 1.82) is 0 Å². The van der Waals surface area contributed by atoms with Crippen LogP contribution in [0.5, 0.6) is 11.5 Å². The topological polar surface area (TPSA) is 35.5 Å². The molecule has 0 saturated heterocycles. The van der Waals surface area contributed by atoms with Gasteiger partial charge in [-0.25, -0.2) is 0 Å². The first-order valence-electron chi connectivity index (χ1n) is 5.56. The summed E-state index contributed by atoms with van der Waals surface area (Å²) < 4.78 is 10.5. The maximum absolute atomic E-state index is 10.8. The summed E-state index contributed by atoms with van der Waals surface area (Å²) in [4.78, 5) is 10.8. The standard InChI is InChI=1S/C15H14O3/c1-17-13-6-7-14(15(9-13)18-2)12-5-3-4-11(8-12)10-16/h3-10H,1-2H3. The van der Waals surface area contributed by atoms with Gasteiger partial charge in [0.05, 0.1) is 14.2 Å². The van der Waals surface area contributed by atoms with Crippen LogP contribution < -0.4 is 9.47 Å². The summed E-state index contributed by atoms with van der Waals surface area (Å²) in [6, 6.07) is 13.0. The van der Waals surface area contributed by atoms with Crippen molar-refractivity contribution >= 4 is 6.29 Å². The average molecular weight is 242 g/mol. The zero-order chi connectivity index (χ0) is 13.0. The van der Waals surface area contributed by atoms with Crippen LogP contribution in [0.25, 0.3) is 11.1 Å². The lowest BCUT2D eigenvalue weighted by Gasteiger charge is -2.10. The van der Waals surface area contributed by atoms with Crippen LogP contribution in [0.15, 0.2) is 42.5 Å². The summed E-state index contributed by atoms with van der Waals surface area (Å²) >= 11 is 0. The van der Waals surface area contributed by atoms with Crippen LogP contribution in [0.3, 0.4) is 0 Å². The summed E-state index contributed by atoms with van der Waals surface area (Å²) in [5, 5.41) is 0. The van der Waals surface area contributed by atoms with E-state index in [1.165, 1.54) is 0 Å². The molecule has 0 heterocycles. The van der Waals surface area contributed by atoms with Gasteiger partial charge in [0.2, 0.25) is 0 Å². The molecular formula is C15H14O3. The molecule has 0 saturated carbocycles. The highest BCUT2D eigenvalue weighted by atomic mass is 16.5. The van der Waals surface area contributed by atoms with Crippen molar-refractivity contribution in [2.45, 2.75) is 0 Å². The first-order valence-corrected chi connectivity index (χ1v) is 5.56. The van der Waals surface area contributed by atoms with Crippen LogP contribution in [-0.2, 0) is 0 Å². The second kappa shape index (κ2) is 5.36. The number of methoxy groups -OCH3 is 2. The molecule has 0 radical (unpaired) electrons. The largest absolute Gasteiger partial charge is 0.497 e. The average Bonchev–Trinajstić information content (AvgIpc) is 2.46. The SMILES string of the molecule is COc1ccc(-c2cccc(C=O)c2)c(OC)c1. The molecule has 3 heteroatoms. The summed E-state index contributed by atoms with van der Waals surface area (Å²) in [7, 11) is 3.23. The van der Waals surface area contributed by atoms with Crippen molar-refractivity contribution in [3.8, 4) is 22.6 Å². The summed E-state index contributed by atoms with van der Waals surface area (Å²) in [6.07, 6.45) is 0.833. The number of ether oxygens (including phenoxy) is 2. The van der Waals surface area contributed by atoms with E-state index in [0.29, 0.717) is 5.56 Å². The number of carbonyl (C=O) groups is 1. The lowest BCUT2D eigenvalue weighted by atomic mass is 10.0. The van der Waals surface area contributed by atoms with E-state index in [1.807, 2.05) is 36.4 Å². The fraction of sp³-hybridized carbons (Fsp3) is 0.133. The molecular weight excluding hydrogens is 228 g/mol. The lowest BCUT2D eigenvalue weighted by Crippen LogP contribution is -1.91. The van der Waals surface area contributed by atoms with E-state index in [4.69, 9.17) is 9.47 Å². The van der Waals surface area contributed by atoms with E-state index < -0.39 is 0 Å². The van der Waals surface area contributed by atoms with Gasteiger partial charge >= 0.3 is 0 Å². The van der Waals surface area contributed by atoms with Gasteiger partial charge in [0.1, 0.15) is 17.8 Å². The predicted octanol–water partition coefficient (Wildman–Crippen LogP) is 3.18.